The van der Waals surface area contributed by atoms with Crippen LogP contribution in [0.15, 0.2) is 23.6 Å². The summed E-state index contributed by atoms with van der Waals surface area (Å²) in [5.74, 6) is -0.902. The summed E-state index contributed by atoms with van der Waals surface area (Å²) in [7, 11) is 0. The van der Waals surface area contributed by atoms with E-state index in [0.717, 1.165) is 30.3 Å². The molecule has 2 heterocycles. The van der Waals surface area contributed by atoms with Crippen LogP contribution in [0.2, 0.25) is 5.02 Å². The quantitative estimate of drug-likeness (QED) is 0.850. The molecule has 122 valence electrons. The van der Waals surface area contributed by atoms with Gasteiger partial charge in [-0.3, -0.25) is 9.69 Å². The summed E-state index contributed by atoms with van der Waals surface area (Å²) in [4.78, 5) is 20.9. The lowest BCUT2D eigenvalue weighted by Gasteiger charge is -2.34. The predicted octanol–water partition coefficient (Wildman–Crippen LogP) is 3.20. The second-order valence-electron chi connectivity index (χ2n) is 5.55. The van der Waals surface area contributed by atoms with Crippen LogP contribution in [-0.4, -0.2) is 46.9 Å². The molecule has 1 aromatic carbocycles. The van der Waals surface area contributed by atoms with E-state index in [1.54, 1.807) is 22.3 Å². The first-order valence-electron chi connectivity index (χ1n) is 7.41. The van der Waals surface area contributed by atoms with Crippen LogP contribution in [0.3, 0.4) is 0 Å². The van der Waals surface area contributed by atoms with Gasteiger partial charge in [0.1, 0.15) is 10.8 Å². The number of piperazine rings is 1. The number of aryl methyl sites for hydroxylation is 1. The molecule has 0 aliphatic carbocycles. The highest BCUT2D eigenvalue weighted by molar-refractivity contribution is 7.09. The zero-order valence-electron chi connectivity index (χ0n) is 12.8. The third kappa shape index (κ3) is 3.71. The van der Waals surface area contributed by atoms with Crippen molar-refractivity contribution in [3.05, 3.63) is 50.7 Å². The van der Waals surface area contributed by atoms with Crippen molar-refractivity contribution < 1.29 is 9.18 Å². The number of amides is 1. The maximum Gasteiger partial charge on any atom is 0.258 e. The first-order valence-corrected chi connectivity index (χ1v) is 8.67. The summed E-state index contributed by atoms with van der Waals surface area (Å²) >= 11 is 7.63. The van der Waals surface area contributed by atoms with Crippen molar-refractivity contribution in [2.24, 2.45) is 0 Å². The molecule has 4 nitrogen and oxygen atoms in total. The number of rotatable bonds is 3. The van der Waals surface area contributed by atoms with Gasteiger partial charge in [0.05, 0.1) is 17.1 Å². The average molecular weight is 354 g/mol. The number of nitrogens with zero attached hydrogens (tertiary/aromatic N) is 3. The molecule has 0 radical (unpaired) electrons. The average Bonchev–Trinajstić information content (AvgIpc) is 2.93. The highest BCUT2D eigenvalue weighted by Gasteiger charge is 2.26. The Morgan fingerprint density at radius 3 is 2.70 bits per heavy atom. The van der Waals surface area contributed by atoms with E-state index in [9.17, 15) is 9.18 Å². The molecule has 1 saturated heterocycles. The van der Waals surface area contributed by atoms with Gasteiger partial charge in [-0.15, -0.1) is 11.3 Å². The Bertz CT molecular complexity index is 693. The highest BCUT2D eigenvalue weighted by atomic mass is 35.5. The summed E-state index contributed by atoms with van der Waals surface area (Å²) in [5.41, 5.74) is 1.01. The third-order valence-corrected chi connectivity index (χ3v) is 5.13. The minimum atomic E-state index is -0.566. The molecule has 0 saturated carbocycles. The molecule has 0 bridgehead atoms. The second kappa shape index (κ2) is 6.95. The van der Waals surface area contributed by atoms with Crippen molar-refractivity contribution >= 4 is 28.8 Å². The number of carbonyl (C=O) groups is 1. The smallest absolute Gasteiger partial charge is 0.258 e. The van der Waals surface area contributed by atoms with Gasteiger partial charge in [-0.2, -0.15) is 0 Å². The van der Waals surface area contributed by atoms with Gasteiger partial charge in [0.2, 0.25) is 0 Å². The molecule has 1 amide bonds. The first-order chi connectivity index (χ1) is 11.0. The number of carbonyl (C=O) groups excluding carboxylic acids is 1. The monoisotopic (exact) mass is 353 g/mol. The molecule has 1 fully saturated rings. The molecule has 1 aromatic heterocycles. The van der Waals surface area contributed by atoms with Gasteiger partial charge < -0.3 is 4.90 Å². The van der Waals surface area contributed by atoms with Gasteiger partial charge in [-0.1, -0.05) is 17.7 Å². The maximum absolute atomic E-state index is 13.9. The van der Waals surface area contributed by atoms with Gasteiger partial charge >= 0.3 is 0 Å². The van der Waals surface area contributed by atoms with E-state index >= 15 is 0 Å². The van der Waals surface area contributed by atoms with E-state index in [-0.39, 0.29) is 16.5 Å². The largest absolute Gasteiger partial charge is 0.336 e. The molecule has 2 aromatic rings. The highest BCUT2D eigenvalue weighted by Crippen LogP contribution is 2.22. The van der Waals surface area contributed by atoms with Crippen LogP contribution in [-0.2, 0) is 6.54 Å². The molecule has 0 spiro atoms. The van der Waals surface area contributed by atoms with Crippen molar-refractivity contribution in [2.45, 2.75) is 13.5 Å². The number of hydrogen-bond acceptors (Lipinski definition) is 4. The molecule has 1 aliphatic rings. The summed E-state index contributed by atoms with van der Waals surface area (Å²) < 4.78 is 13.9. The van der Waals surface area contributed by atoms with Crippen LogP contribution in [0.5, 0.6) is 0 Å². The molecule has 7 heteroatoms. The molecule has 3 rings (SSSR count). The van der Waals surface area contributed by atoms with E-state index in [1.165, 1.54) is 12.1 Å². The Morgan fingerprint density at radius 1 is 1.35 bits per heavy atom. The summed E-state index contributed by atoms with van der Waals surface area (Å²) in [5, 5.41) is 3.28. The van der Waals surface area contributed by atoms with Crippen molar-refractivity contribution in [1.82, 2.24) is 14.8 Å². The molecule has 23 heavy (non-hydrogen) atoms. The van der Waals surface area contributed by atoms with Gasteiger partial charge in [0.25, 0.3) is 5.91 Å². The minimum Gasteiger partial charge on any atom is -0.336 e. The van der Waals surface area contributed by atoms with Gasteiger partial charge in [-0.05, 0) is 19.1 Å². The van der Waals surface area contributed by atoms with Crippen molar-refractivity contribution in [3.8, 4) is 0 Å². The van der Waals surface area contributed by atoms with Crippen LogP contribution in [0.25, 0.3) is 0 Å². The lowest BCUT2D eigenvalue weighted by atomic mass is 10.1. The molecule has 0 atom stereocenters. The maximum atomic E-state index is 13.9. The molecule has 0 N–H and O–H groups in total. The zero-order valence-corrected chi connectivity index (χ0v) is 14.3. The Balaban J connectivity index is 1.61. The molecule has 1 aliphatic heterocycles. The Morgan fingerprint density at radius 2 is 2.09 bits per heavy atom. The Kier molecular flexibility index (Phi) is 4.94. The van der Waals surface area contributed by atoms with Crippen LogP contribution in [0, 0.1) is 12.7 Å². The normalized spacial score (nSPS) is 15.9. The fourth-order valence-corrected chi connectivity index (χ4v) is 3.69. The molecule has 0 unspecified atom stereocenters. The fourth-order valence-electron chi connectivity index (χ4n) is 2.64. The Hall–Kier alpha value is -1.50. The third-order valence-electron chi connectivity index (χ3n) is 3.86. The van der Waals surface area contributed by atoms with Gasteiger partial charge in [-0.25, -0.2) is 9.37 Å². The number of hydrogen-bond donors (Lipinski definition) is 0. The topological polar surface area (TPSA) is 36.4 Å². The van der Waals surface area contributed by atoms with Crippen LogP contribution in [0.4, 0.5) is 4.39 Å². The summed E-state index contributed by atoms with van der Waals surface area (Å²) in [6.07, 6.45) is 0. The van der Waals surface area contributed by atoms with E-state index in [2.05, 4.69) is 9.88 Å². The number of aromatic nitrogens is 1. The first kappa shape index (κ1) is 16.4. The number of benzene rings is 1. The Labute approximate surface area is 143 Å². The second-order valence-corrected chi connectivity index (χ2v) is 6.90. The van der Waals surface area contributed by atoms with Crippen LogP contribution < -0.4 is 0 Å². The summed E-state index contributed by atoms with van der Waals surface area (Å²) in [6, 6.07) is 4.31. The number of halogens is 2. The van der Waals surface area contributed by atoms with E-state index in [1.807, 2.05) is 12.3 Å². The van der Waals surface area contributed by atoms with Gasteiger partial charge in [0.15, 0.2) is 0 Å². The molecular formula is C16H17ClFN3OS. The standard InChI is InChI=1S/C16H17ClFN3OS/c1-11-10-23-14(19-11)9-20-5-7-21(8-6-20)16(22)15-12(17)3-2-4-13(15)18/h2-4,10H,5-9H2,1H3. The van der Waals surface area contributed by atoms with Crippen LogP contribution in [0.1, 0.15) is 21.1 Å². The summed E-state index contributed by atoms with van der Waals surface area (Å²) in [6.45, 7) is 5.39. The van der Waals surface area contributed by atoms with Crippen molar-refractivity contribution in [1.29, 1.82) is 0 Å². The fraction of sp³-hybridized carbons (Fsp3) is 0.375. The number of thiazole rings is 1. The zero-order chi connectivity index (χ0) is 16.4. The lowest BCUT2D eigenvalue weighted by molar-refractivity contribution is 0.0624. The SMILES string of the molecule is Cc1csc(CN2CCN(C(=O)c3c(F)cccc3Cl)CC2)n1. The van der Waals surface area contributed by atoms with E-state index in [4.69, 9.17) is 11.6 Å². The van der Waals surface area contributed by atoms with Gasteiger partial charge in [0, 0.05) is 37.3 Å². The van der Waals surface area contributed by atoms with E-state index < -0.39 is 5.82 Å². The molecular weight excluding hydrogens is 337 g/mol. The predicted molar refractivity (Wildman–Crippen MR) is 89.4 cm³/mol. The van der Waals surface area contributed by atoms with Crippen molar-refractivity contribution in [2.75, 3.05) is 26.2 Å². The van der Waals surface area contributed by atoms with E-state index in [0.29, 0.717) is 13.1 Å². The lowest BCUT2D eigenvalue weighted by Crippen LogP contribution is -2.48. The van der Waals surface area contributed by atoms with Crippen molar-refractivity contribution in [3.63, 3.8) is 0 Å². The minimum absolute atomic E-state index is 0.0295. The van der Waals surface area contributed by atoms with Crippen LogP contribution >= 0.6 is 22.9 Å².